The molecule has 0 fully saturated rings. The third-order valence-corrected chi connectivity index (χ3v) is 3.78. The Bertz CT molecular complexity index is 387. The number of rotatable bonds is 3. The standard InChI is InChI=1S/C11H13O4Si/c1-8-6-4-5-7-11(8)16(14-9(2)12)15-10(3)13/h4-7H,1-3H3. The lowest BCUT2D eigenvalue weighted by atomic mass is 10.2. The van der Waals surface area contributed by atoms with E-state index in [1.54, 1.807) is 6.07 Å². The second-order valence-corrected chi connectivity index (χ2v) is 4.81. The number of aryl methyl sites for hydroxylation is 1. The van der Waals surface area contributed by atoms with Crippen molar-refractivity contribution < 1.29 is 18.4 Å². The molecule has 4 nitrogen and oxygen atoms in total. The highest BCUT2D eigenvalue weighted by Crippen LogP contribution is 2.00. The molecule has 0 aliphatic heterocycles. The van der Waals surface area contributed by atoms with Gasteiger partial charge in [0.15, 0.2) is 0 Å². The Balaban J connectivity index is 2.96. The highest BCUT2D eigenvalue weighted by atomic mass is 28.3. The molecule has 0 unspecified atom stereocenters. The van der Waals surface area contributed by atoms with Gasteiger partial charge < -0.3 is 8.85 Å². The van der Waals surface area contributed by atoms with Crippen molar-refractivity contribution >= 4 is 26.4 Å². The average molecular weight is 237 g/mol. The van der Waals surface area contributed by atoms with Crippen molar-refractivity contribution in [1.29, 1.82) is 0 Å². The summed E-state index contributed by atoms with van der Waals surface area (Å²) in [6, 6.07) is 7.38. The molecule has 85 valence electrons. The molecule has 0 amide bonds. The fourth-order valence-corrected chi connectivity index (χ4v) is 2.62. The molecular weight excluding hydrogens is 224 g/mol. The predicted octanol–water partition coefficient (Wildman–Crippen LogP) is 0.816. The zero-order valence-corrected chi connectivity index (χ0v) is 10.4. The fraction of sp³-hybridized carbons (Fsp3) is 0.273. The van der Waals surface area contributed by atoms with Gasteiger partial charge in [0, 0.05) is 19.0 Å². The van der Waals surface area contributed by atoms with Crippen LogP contribution in [0.15, 0.2) is 24.3 Å². The van der Waals surface area contributed by atoms with Crippen LogP contribution in [0.25, 0.3) is 0 Å². The first-order valence-corrected chi connectivity index (χ1v) is 6.12. The number of carbonyl (C=O) groups is 2. The van der Waals surface area contributed by atoms with Gasteiger partial charge in [-0.3, -0.25) is 9.59 Å². The number of hydrogen-bond donors (Lipinski definition) is 0. The number of benzene rings is 1. The van der Waals surface area contributed by atoms with Gasteiger partial charge in [-0.05, 0) is 12.5 Å². The first-order valence-electron chi connectivity index (χ1n) is 4.80. The van der Waals surface area contributed by atoms with Gasteiger partial charge in [-0.25, -0.2) is 0 Å². The number of carbonyl (C=O) groups excluding carboxylic acids is 2. The molecule has 1 aromatic carbocycles. The van der Waals surface area contributed by atoms with Gasteiger partial charge in [0.1, 0.15) is 0 Å². The summed E-state index contributed by atoms with van der Waals surface area (Å²) >= 11 is 0. The van der Waals surface area contributed by atoms with E-state index in [2.05, 4.69) is 0 Å². The molecule has 0 aliphatic rings. The maximum Gasteiger partial charge on any atom is 0.576 e. The second kappa shape index (κ2) is 5.46. The molecular formula is C11H13O4Si. The molecule has 1 aromatic rings. The molecule has 0 heterocycles. The zero-order chi connectivity index (χ0) is 12.1. The molecule has 0 saturated carbocycles. The van der Waals surface area contributed by atoms with Crippen LogP contribution in [0.5, 0.6) is 0 Å². The van der Waals surface area contributed by atoms with Gasteiger partial charge in [0.05, 0.1) is 0 Å². The van der Waals surface area contributed by atoms with E-state index in [4.69, 9.17) is 8.85 Å². The van der Waals surface area contributed by atoms with E-state index in [1.165, 1.54) is 13.8 Å². The summed E-state index contributed by atoms with van der Waals surface area (Å²) in [4.78, 5) is 21.9. The smallest absolute Gasteiger partial charge is 0.480 e. The Labute approximate surface area is 96.0 Å². The Morgan fingerprint density at radius 3 is 2.00 bits per heavy atom. The van der Waals surface area contributed by atoms with Crippen molar-refractivity contribution in [2.24, 2.45) is 0 Å². The second-order valence-electron chi connectivity index (χ2n) is 3.29. The summed E-state index contributed by atoms with van der Waals surface area (Å²) in [5.74, 6) is -0.892. The van der Waals surface area contributed by atoms with E-state index in [1.807, 2.05) is 25.1 Å². The van der Waals surface area contributed by atoms with Crippen molar-refractivity contribution in [1.82, 2.24) is 0 Å². The van der Waals surface area contributed by atoms with Gasteiger partial charge in [0.2, 0.25) is 0 Å². The van der Waals surface area contributed by atoms with E-state index in [-0.39, 0.29) is 0 Å². The van der Waals surface area contributed by atoms with Crippen molar-refractivity contribution in [3.63, 3.8) is 0 Å². The van der Waals surface area contributed by atoms with Crippen molar-refractivity contribution in [2.75, 3.05) is 0 Å². The van der Waals surface area contributed by atoms with Crippen LogP contribution >= 0.6 is 0 Å². The van der Waals surface area contributed by atoms with Crippen LogP contribution in [0.3, 0.4) is 0 Å². The average Bonchev–Trinajstić information content (AvgIpc) is 2.15. The molecule has 1 rings (SSSR count). The maximum absolute atomic E-state index is 10.9. The summed E-state index contributed by atoms with van der Waals surface area (Å²) in [6.07, 6.45) is 0. The normalized spacial score (nSPS) is 10.0. The van der Waals surface area contributed by atoms with Gasteiger partial charge in [0.25, 0.3) is 11.9 Å². The monoisotopic (exact) mass is 237 g/mol. The molecule has 0 N–H and O–H groups in total. The van der Waals surface area contributed by atoms with Gasteiger partial charge >= 0.3 is 9.28 Å². The largest absolute Gasteiger partial charge is 0.576 e. The minimum absolute atomic E-state index is 0.446. The lowest BCUT2D eigenvalue weighted by molar-refractivity contribution is -0.137. The molecule has 1 radical (unpaired) electrons. The van der Waals surface area contributed by atoms with E-state index in [0.29, 0.717) is 0 Å². The molecule has 0 bridgehead atoms. The molecule has 0 aliphatic carbocycles. The minimum atomic E-state index is -2.05. The van der Waals surface area contributed by atoms with Crippen LogP contribution < -0.4 is 5.19 Å². The first-order chi connectivity index (χ1) is 7.50. The lowest BCUT2D eigenvalue weighted by Gasteiger charge is -2.14. The highest BCUT2D eigenvalue weighted by molar-refractivity contribution is 6.64. The summed E-state index contributed by atoms with van der Waals surface area (Å²) in [7, 11) is -2.05. The third kappa shape index (κ3) is 3.51. The Kier molecular flexibility index (Phi) is 4.25. The van der Waals surface area contributed by atoms with Crippen LogP contribution in [-0.4, -0.2) is 21.2 Å². The third-order valence-electron chi connectivity index (χ3n) is 1.84. The van der Waals surface area contributed by atoms with Crippen molar-refractivity contribution in [3.05, 3.63) is 29.8 Å². The van der Waals surface area contributed by atoms with Crippen molar-refractivity contribution in [2.45, 2.75) is 20.8 Å². The molecule has 0 atom stereocenters. The summed E-state index contributed by atoms with van der Waals surface area (Å²) in [5, 5.41) is 0.776. The van der Waals surface area contributed by atoms with E-state index in [0.717, 1.165) is 10.8 Å². The lowest BCUT2D eigenvalue weighted by Crippen LogP contribution is -2.41. The van der Waals surface area contributed by atoms with Gasteiger partial charge in [-0.2, -0.15) is 0 Å². The van der Waals surface area contributed by atoms with Gasteiger partial charge in [-0.15, -0.1) is 0 Å². The quantitative estimate of drug-likeness (QED) is 0.730. The first kappa shape index (κ1) is 12.4. The Hall–Kier alpha value is -1.62. The van der Waals surface area contributed by atoms with E-state index < -0.39 is 21.2 Å². The Morgan fingerprint density at radius 2 is 1.56 bits per heavy atom. The van der Waals surface area contributed by atoms with E-state index >= 15 is 0 Å². The molecule has 0 saturated heterocycles. The van der Waals surface area contributed by atoms with Crippen LogP contribution in [0.2, 0.25) is 0 Å². The maximum atomic E-state index is 10.9. The van der Waals surface area contributed by atoms with Crippen LogP contribution in [0.4, 0.5) is 0 Å². The van der Waals surface area contributed by atoms with E-state index in [9.17, 15) is 9.59 Å². The fourth-order valence-electron chi connectivity index (χ4n) is 1.19. The van der Waals surface area contributed by atoms with Crippen LogP contribution in [0, 0.1) is 6.92 Å². The summed E-state index contributed by atoms with van der Waals surface area (Å²) in [5.41, 5.74) is 0.943. The van der Waals surface area contributed by atoms with Crippen LogP contribution in [0.1, 0.15) is 19.4 Å². The van der Waals surface area contributed by atoms with Crippen LogP contribution in [-0.2, 0) is 18.4 Å². The molecule has 16 heavy (non-hydrogen) atoms. The molecule has 0 aromatic heterocycles. The Morgan fingerprint density at radius 1 is 1.06 bits per heavy atom. The SMILES string of the molecule is CC(=O)O[Si](OC(C)=O)c1ccccc1C. The van der Waals surface area contributed by atoms with Gasteiger partial charge in [-0.1, -0.05) is 24.3 Å². The summed E-state index contributed by atoms with van der Waals surface area (Å²) < 4.78 is 10.1. The summed E-state index contributed by atoms with van der Waals surface area (Å²) in [6.45, 7) is 4.48. The minimum Gasteiger partial charge on any atom is -0.480 e. The zero-order valence-electron chi connectivity index (χ0n) is 9.44. The topological polar surface area (TPSA) is 52.6 Å². The number of hydrogen-bond acceptors (Lipinski definition) is 4. The molecule has 0 spiro atoms. The highest BCUT2D eigenvalue weighted by Gasteiger charge is 2.27. The van der Waals surface area contributed by atoms with Crippen molar-refractivity contribution in [3.8, 4) is 0 Å². The predicted molar refractivity (Wildman–Crippen MR) is 60.1 cm³/mol. The molecule has 5 heteroatoms.